The second kappa shape index (κ2) is 7.26. The van der Waals surface area contributed by atoms with Crippen LogP contribution in [0.15, 0.2) is 54.8 Å². The molecule has 0 aromatic heterocycles. The Balaban J connectivity index is 3.14. The molecule has 0 N–H and O–H groups in total. The van der Waals surface area contributed by atoms with E-state index in [1.165, 1.54) is 0 Å². The average Bonchev–Trinajstić information content (AvgIpc) is 2.29. The van der Waals surface area contributed by atoms with Gasteiger partial charge in [0.25, 0.3) is 0 Å². The summed E-state index contributed by atoms with van der Waals surface area (Å²) >= 11 is 23.4. The number of thioether (sulfide) groups is 1. The summed E-state index contributed by atoms with van der Waals surface area (Å²) in [4.78, 5) is 10.9. The Morgan fingerprint density at radius 3 is 2.11 bits per heavy atom. The lowest BCUT2D eigenvalue weighted by atomic mass is 10.4. The van der Waals surface area contributed by atoms with Crippen LogP contribution in [-0.2, 0) is 0 Å². The molecular formula is C10H5Cl4NO2S. The first-order valence-corrected chi connectivity index (χ1v) is 6.74. The largest absolute Gasteiger partial charge is 0.315 e. The van der Waals surface area contributed by atoms with Crippen molar-refractivity contribution in [1.29, 1.82) is 0 Å². The van der Waals surface area contributed by atoms with Crippen LogP contribution in [0.4, 0.5) is 0 Å². The predicted octanol–water partition coefficient (Wildman–Crippen LogP) is 5.35. The quantitative estimate of drug-likeness (QED) is 0.320. The third-order valence-electron chi connectivity index (χ3n) is 1.69. The molecule has 1 aromatic rings. The summed E-state index contributed by atoms with van der Waals surface area (Å²) in [5, 5.41) is 10.5. The van der Waals surface area contributed by atoms with Crippen LogP contribution in [0.25, 0.3) is 0 Å². The van der Waals surface area contributed by atoms with Crippen molar-refractivity contribution in [2.45, 2.75) is 4.90 Å². The molecule has 0 fully saturated rings. The van der Waals surface area contributed by atoms with Crippen LogP contribution in [0.1, 0.15) is 0 Å². The van der Waals surface area contributed by atoms with Gasteiger partial charge in [-0.25, -0.2) is 0 Å². The van der Waals surface area contributed by atoms with Crippen molar-refractivity contribution < 1.29 is 4.92 Å². The summed E-state index contributed by atoms with van der Waals surface area (Å²) in [5.41, 5.74) is -0.521. The number of hydrogen-bond donors (Lipinski definition) is 0. The Morgan fingerprint density at radius 2 is 1.67 bits per heavy atom. The van der Waals surface area contributed by atoms with E-state index in [0.717, 1.165) is 16.7 Å². The molecule has 0 aliphatic carbocycles. The monoisotopic (exact) mass is 343 g/mol. The van der Waals surface area contributed by atoms with E-state index in [1.807, 2.05) is 6.07 Å². The fraction of sp³-hybridized carbons (Fsp3) is 0. The van der Waals surface area contributed by atoms with Gasteiger partial charge in [-0.1, -0.05) is 76.4 Å². The highest BCUT2D eigenvalue weighted by molar-refractivity contribution is 8.04. The lowest BCUT2D eigenvalue weighted by Gasteiger charge is -2.02. The van der Waals surface area contributed by atoms with Gasteiger partial charge in [0.1, 0.15) is 4.49 Å². The second-order valence-electron chi connectivity index (χ2n) is 2.87. The fourth-order valence-corrected chi connectivity index (χ4v) is 2.62. The Labute approximate surface area is 128 Å². The van der Waals surface area contributed by atoms with E-state index in [-0.39, 0.29) is 4.36 Å². The van der Waals surface area contributed by atoms with Crippen molar-refractivity contribution in [2.75, 3.05) is 0 Å². The molecule has 0 bridgehead atoms. The smallest absolute Gasteiger partial charge is 0.258 e. The van der Waals surface area contributed by atoms with Gasteiger partial charge >= 0.3 is 5.70 Å². The van der Waals surface area contributed by atoms with Gasteiger partial charge in [-0.15, -0.1) is 0 Å². The average molecular weight is 345 g/mol. The number of nitrogens with zero attached hydrogens (tertiary/aromatic N) is 1. The molecule has 0 saturated heterocycles. The molecule has 0 aliphatic rings. The number of allylic oxidation sites excluding steroid dienone is 1. The van der Waals surface area contributed by atoms with Gasteiger partial charge in [0.05, 0.1) is 4.92 Å². The number of benzene rings is 1. The summed E-state index contributed by atoms with van der Waals surface area (Å²) < 4.78 is -0.523. The molecule has 0 radical (unpaired) electrons. The van der Waals surface area contributed by atoms with E-state index in [0.29, 0.717) is 0 Å². The molecule has 0 aliphatic heterocycles. The summed E-state index contributed by atoms with van der Waals surface area (Å²) in [5.74, 6) is 0. The van der Waals surface area contributed by atoms with Crippen molar-refractivity contribution in [2.24, 2.45) is 0 Å². The summed E-state index contributed by atoms with van der Waals surface area (Å²) in [6, 6.07) is 8.89. The zero-order valence-electron chi connectivity index (χ0n) is 8.57. The van der Waals surface area contributed by atoms with Gasteiger partial charge in [-0.3, -0.25) is 10.1 Å². The third-order valence-corrected chi connectivity index (χ3v) is 3.92. The molecule has 18 heavy (non-hydrogen) atoms. The zero-order valence-corrected chi connectivity index (χ0v) is 12.4. The second-order valence-corrected chi connectivity index (χ2v) is 5.88. The lowest BCUT2D eigenvalue weighted by Crippen LogP contribution is -2.00. The Bertz CT molecular complexity index is 512. The predicted molar refractivity (Wildman–Crippen MR) is 76.8 cm³/mol. The number of halogens is 4. The lowest BCUT2D eigenvalue weighted by molar-refractivity contribution is -0.419. The molecule has 1 aromatic carbocycles. The Morgan fingerprint density at radius 1 is 1.11 bits per heavy atom. The molecular weight excluding hydrogens is 340 g/mol. The minimum absolute atomic E-state index is 0.116. The van der Waals surface area contributed by atoms with Gasteiger partial charge in [0.2, 0.25) is 0 Å². The van der Waals surface area contributed by atoms with Crippen LogP contribution >= 0.6 is 58.2 Å². The Kier molecular flexibility index (Phi) is 6.32. The number of rotatable bonds is 4. The van der Waals surface area contributed by atoms with Gasteiger partial charge in [0.15, 0.2) is 9.40 Å². The minimum Gasteiger partial charge on any atom is -0.258 e. The maximum atomic E-state index is 10.9. The standard InChI is InChI=1S/C10H5Cl4NO2S/c11-7(9(12)13)8(15(16)17)10(14)18-6-4-2-1-3-5-6/h1-5H/b10-8+. The van der Waals surface area contributed by atoms with Crippen molar-refractivity contribution in [3.05, 3.63) is 60.0 Å². The highest BCUT2D eigenvalue weighted by Crippen LogP contribution is 2.37. The minimum atomic E-state index is -0.731. The van der Waals surface area contributed by atoms with E-state index >= 15 is 0 Å². The topological polar surface area (TPSA) is 43.1 Å². The van der Waals surface area contributed by atoms with E-state index < -0.39 is 20.1 Å². The zero-order chi connectivity index (χ0) is 13.7. The van der Waals surface area contributed by atoms with Crippen molar-refractivity contribution in [1.82, 2.24) is 0 Å². The number of nitro groups is 1. The first kappa shape index (κ1) is 15.7. The van der Waals surface area contributed by atoms with Crippen molar-refractivity contribution in [3.63, 3.8) is 0 Å². The van der Waals surface area contributed by atoms with Crippen LogP contribution < -0.4 is 0 Å². The first-order chi connectivity index (χ1) is 8.43. The first-order valence-electron chi connectivity index (χ1n) is 4.41. The molecule has 3 nitrogen and oxygen atoms in total. The maximum Gasteiger partial charge on any atom is 0.315 e. The highest BCUT2D eigenvalue weighted by atomic mass is 35.5. The van der Waals surface area contributed by atoms with Crippen LogP contribution in [0.2, 0.25) is 0 Å². The molecule has 0 amide bonds. The number of hydrogen-bond acceptors (Lipinski definition) is 3. The normalized spacial score (nSPS) is 11.8. The van der Waals surface area contributed by atoms with Crippen LogP contribution in [-0.4, -0.2) is 4.92 Å². The highest BCUT2D eigenvalue weighted by Gasteiger charge is 2.24. The van der Waals surface area contributed by atoms with Gasteiger partial charge in [0, 0.05) is 4.90 Å². The van der Waals surface area contributed by atoms with Gasteiger partial charge in [-0.2, -0.15) is 0 Å². The van der Waals surface area contributed by atoms with Crippen LogP contribution in [0.5, 0.6) is 0 Å². The Hall–Kier alpha value is -0.390. The van der Waals surface area contributed by atoms with Crippen molar-refractivity contribution in [3.8, 4) is 0 Å². The molecule has 0 spiro atoms. The summed E-state index contributed by atoms with van der Waals surface area (Å²) in [7, 11) is 0. The van der Waals surface area contributed by atoms with E-state index in [9.17, 15) is 10.1 Å². The maximum absolute atomic E-state index is 10.9. The molecule has 96 valence electrons. The van der Waals surface area contributed by atoms with Crippen LogP contribution in [0.3, 0.4) is 0 Å². The van der Waals surface area contributed by atoms with Gasteiger partial charge < -0.3 is 0 Å². The van der Waals surface area contributed by atoms with Crippen LogP contribution in [0, 0.1) is 10.1 Å². The molecule has 8 heteroatoms. The molecule has 0 heterocycles. The fourth-order valence-electron chi connectivity index (χ4n) is 0.968. The van der Waals surface area contributed by atoms with Gasteiger partial charge in [-0.05, 0) is 12.1 Å². The molecule has 0 atom stereocenters. The molecule has 0 saturated carbocycles. The van der Waals surface area contributed by atoms with E-state index in [1.54, 1.807) is 24.3 Å². The molecule has 1 rings (SSSR count). The van der Waals surface area contributed by atoms with E-state index in [2.05, 4.69) is 0 Å². The summed E-state index contributed by atoms with van der Waals surface area (Å²) in [6.45, 7) is 0. The SMILES string of the molecule is O=[N+]([O-])/C(C(Cl)=C(Cl)Cl)=C(\Cl)Sc1ccccc1. The summed E-state index contributed by atoms with van der Waals surface area (Å²) in [6.07, 6.45) is 0. The van der Waals surface area contributed by atoms with Crippen molar-refractivity contribution >= 4 is 58.2 Å². The third kappa shape index (κ3) is 4.37. The van der Waals surface area contributed by atoms with E-state index in [4.69, 9.17) is 46.4 Å². The molecule has 0 unspecified atom stereocenters.